The first kappa shape index (κ1) is 17.6. The van der Waals surface area contributed by atoms with Crippen LogP contribution < -0.4 is 0 Å². The molecule has 0 saturated heterocycles. The van der Waals surface area contributed by atoms with Crippen molar-refractivity contribution < 1.29 is 14.6 Å². The fourth-order valence-corrected chi connectivity index (χ4v) is 3.02. The van der Waals surface area contributed by atoms with Crippen molar-refractivity contribution in [1.29, 1.82) is 0 Å². The number of rotatable bonds is 8. The lowest BCUT2D eigenvalue weighted by atomic mass is 10.2. The van der Waals surface area contributed by atoms with Gasteiger partial charge in [0.1, 0.15) is 17.8 Å². The Hall–Kier alpha value is -1.73. The summed E-state index contributed by atoms with van der Waals surface area (Å²) in [4.78, 5) is 20.3. The molecule has 0 aliphatic heterocycles. The van der Waals surface area contributed by atoms with Gasteiger partial charge in [-0.05, 0) is 12.5 Å². The first-order chi connectivity index (χ1) is 10.8. The number of carbonyl (C=O) groups is 1. The topological polar surface area (TPSA) is 77.2 Å². The minimum absolute atomic E-state index is 0.180. The Bertz CT molecular complexity index is 692. The van der Waals surface area contributed by atoms with Crippen molar-refractivity contribution in [3.05, 3.63) is 23.7 Å². The fraction of sp³-hybridized carbons (Fsp3) is 0.562. The lowest BCUT2D eigenvalue weighted by Gasteiger charge is -2.15. The number of fused-ring (bicyclic) bond motifs is 1. The predicted molar refractivity (Wildman–Crippen MR) is 92.6 cm³/mol. The van der Waals surface area contributed by atoms with Gasteiger partial charge >= 0.3 is 5.97 Å². The SMILES string of the molecule is CCCc1cnc2c(n1)c(C(=O)O)cn2COCC[Si](C)(C)C. The number of carboxylic acids is 1. The number of carboxylic acid groups (broad SMARTS) is 1. The second-order valence-electron chi connectivity index (χ2n) is 6.95. The number of aromatic carboxylic acids is 1. The van der Waals surface area contributed by atoms with E-state index in [9.17, 15) is 9.90 Å². The van der Waals surface area contributed by atoms with Crippen LogP contribution in [0.1, 0.15) is 29.4 Å². The molecule has 0 aliphatic rings. The maximum absolute atomic E-state index is 11.4. The quantitative estimate of drug-likeness (QED) is 0.591. The zero-order chi connectivity index (χ0) is 17.0. The molecule has 0 bridgehead atoms. The third-order valence-corrected chi connectivity index (χ3v) is 5.28. The van der Waals surface area contributed by atoms with Crippen LogP contribution in [-0.2, 0) is 17.9 Å². The highest BCUT2D eigenvalue weighted by Gasteiger charge is 2.18. The van der Waals surface area contributed by atoms with Crippen LogP contribution >= 0.6 is 0 Å². The van der Waals surface area contributed by atoms with Crippen LogP contribution in [0.4, 0.5) is 0 Å². The van der Waals surface area contributed by atoms with E-state index >= 15 is 0 Å². The molecule has 2 aromatic rings. The van der Waals surface area contributed by atoms with Gasteiger partial charge in [0.05, 0.1) is 11.9 Å². The summed E-state index contributed by atoms with van der Waals surface area (Å²) in [5.74, 6) is -0.987. The Morgan fingerprint density at radius 3 is 2.74 bits per heavy atom. The van der Waals surface area contributed by atoms with E-state index in [1.165, 1.54) is 0 Å². The normalized spacial score (nSPS) is 12.0. The Labute approximate surface area is 137 Å². The number of ether oxygens (including phenoxy) is 1. The average Bonchev–Trinajstić information content (AvgIpc) is 2.81. The van der Waals surface area contributed by atoms with E-state index in [0.717, 1.165) is 24.6 Å². The van der Waals surface area contributed by atoms with Crippen molar-refractivity contribution in [1.82, 2.24) is 14.5 Å². The summed E-state index contributed by atoms with van der Waals surface area (Å²) in [6.45, 7) is 9.93. The van der Waals surface area contributed by atoms with Gasteiger partial charge in [0, 0.05) is 20.9 Å². The maximum atomic E-state index is 11.4. The van der Waals surface area contributed by atoms with E-state index in [2.05, 4.69) is 36.5 Å². The largest absolute Gasteiger partial charge is 0.478 e. The molecule has 7 heteroatoms. The van der Waals surface area contributed by atoms with Crippen LogP contribution in [0.5, 0.6) is 0 Å². The Balaban J connectivity index is 2.21. The molecule has 2 heterocycles. The van der Waals surface area contributed by atoms with Crippen LogP contribution in [0.15, 0.2) is 12.4 Å². The van der Waals surface area contributed by atoms with E-state index in [1.807, 2.05) is 0 Å². The number of aromatic nitrogens is 3. The lowest BCUT2D eigenvalue weighted by Crippen LogP contribution is -2.22. The molecule has 23 heavy (non-hydrogen) atoms. The molecule has 0 atom stereocenters. The second kappa shape index (κ2) is 7.23. The first-order valence-corrected chi connectivity index (χ1v) is 11.7. The van der Waals surface area contributed by atoms with Crippen molar-refractivity contribution in [2.45, 2.75) is 52.2 Å². The highest BCUT2D eigenvalue weighted by molar-refractivity contribution is 6.76. The minimum atomic E-state index is -1.13. The van der Waals surface area contributed by atoms with Crippen molar-refractivity contribution in [2.75, 3.05) is 6.61 Å². The summed E-state index contributed by atoms with van der Waals surface area (Å²) in [5.41, 5.74) is 2.01. The predicted octanol–water partition coefficient (Wildman–Crippen LogP) is 3.39. The smallest absolute Gasteiger partial charge is 0.339 e. The van der Waals surface area contributed by atoms with E-state index in [-0.39, 0.29) is 5.56 Å². The highest BCUT2D eigenvalue weighted by Crippen LogP contribution is 2.19. The van der Waals surface area contributed by atoms with E-state index < -0.39 is 14.0 Å². The van der Waals surface area contributed by atoms with Gasteiger partial charge in [-0.2, -0.15) is 0 Å². The van der Waals surface area contributed by atoms with Gasteiger partial charge in [0.2, 0.25) is 0 Å². The molecular weight excluding hydrogens is 310 g/mol. The molecule has 0 radical (unpaired) electrons. The minimum Gasteiger partial charge on any atom is -0.478 e. The molecule has 2 rings (SSSR count). The summed E-state index contributed by atoms with van der Waals surface area (Å²) in [6, 6.07) is 1.07. The van der Waals surface area contributed by atoms with Crippen LogP contribution in [0, 0.1) is 0 Å². The molecule has 0 aromatic carbocycles. The summed E-state index contributed by atoms with van der Waals surface area (Å²) in [6.07, 6.45) is 5.02. The lowest BCUT2D eigenvalue weighted by molar-refractivity contribution is 0.0696. The maximum Gasteiger partial charge on any atom is 0.339 e. The van der Waals surface area contributed by atoms with Gasteiger partial charge in [-0.15, -0.1) is 0 Å². The van der Waals surface area contributed by atoms with E-state index in [4.69, 9.17) is 4.74 Å². The molecule has 0 fully saturated rings. The van der Waals surface area contributed by atoms with E-state index in [0.29, 0.717) is 24.5 Å². The summed E-state index contributed by atoms with van der Waals surface area (Å²) in [5, 5.41) is 9.38. The van der Waals surface area contributed by atoms with Crippen molar-refractivity contribution in [2.24, 2.45) is 0 Å². The van der Waals surface area contributed by atoms with Gasteiger partial charge in [-0.1, -0.05) is 33.0 Å². The number of hydrogen-bond acceptors (Lipinski definition) is 4. The Kier molecular flexibility index (Phi) is 5.54. The molecule has 0 aliphatic carbocycles. The summed E-state index contributed by atoms with van der Waals surface area (Å²) >= 11 is 0. The summed E-state index contributed by atoms with van der Waals surface area (Å²) in [7, 11) is -1.13. The third kappa shape index (κ3) is 4.62. The van der Waals surface area contributed by atoms with E-state index in [1.54, 1.807) is 17.0 Å². The van der Waals surface area contributed by atoms with Gasteiger partial charge in [0.25, 0.3) is 0 Å². The monoisotopic (exact) mass is 335 g/mol. The molecular formula is C16H25N3O3Si. The number of aryl methyl sites for hydroxylation is 1. The number of nitrogens with zero attached hydrogens (tertiary/aromatic N) is 3. The fourth-order valence-electron chi connectivity index (χ4n) is 2.26. The molecule has 126 valence electrons. The highest BCUT2D eigenvalue weighted by atomic mass is 28.3. The molecule has 0 amide bonds. The molecule has 6 nitrogen and oxygen atoms in total. The van der Waals surface area contributed by atoms with Gasteiger partial charge in [0.15, 0.2) is 5.65 Å². The van der Waals surface area contributed by atoms with Crippen LogP contribution in [0.25, 0.3) is 11.2 Å². The third-order valence-electron chi connectivity index (χ3n) is 3.58. The Morgan fingerprint density at radius 2 is 2.13 bits per heavy atom. The van der Waals surface area contributed by atoms with Crippen molar-refractivity contribution in [3.8, 4) is 0 Å². The number of hydrogen-bond donors (Lipinski definition) is 1. The Morgan fingerprint density at radius 1 is 1.39 bits per heavy atom. The van der Waals surface area contributed by atoms with Crippen LogP contribution in [0.3, 0.4) is 0 Å². The molecule has 0 saturated carbocycles. The van der Waals surface area contributed by atoms with Crippen molar-refractivity contribution >= 4 is 25.2 Å². The van der Waals surface area contributed by atoms with Crippen LogP contribution in [0.2, 0.25) is 25.7 Å². The average molecular weight is 335 g/mol. The molecule has 1 N–H and O–H groups in total. The molecule has 0 unspecified atom stereocenters. The summed E-state index contributed by atoms with van der Waals surface area (Å²) < 4.78 is 7.44. The standard InChI is InChI=1S/C16H25N3O3Si/c1-5-6-12-9-17-15-14(18-12)13(16(20)21)10-19(15)11-22-7-8-23(2,3)4/h9-10H,5-8,11H2,1-4H3,(H,20,21). The van der Waals surface area contributed by atoms with Gasteiger partial charge in [-0.25, -0.2) is 14.8 Å². The second-order valence-corrected chi connectivity index (χ2v) is 12.6. The zero-order valence-electron chi connectivity index (χ0n) is 14.3. The van der Waals surface area contributed by atoms with Crippen LogP contribution in [-0.4, -0.2) is 40.3 Å². The van der Waals surface area contributed by atoms with Gasteiger partial charge in [-0.3, -0.25) is 0 Å². The molecule has 2 aromatic heterocycles. The zero-order valence-corrected chi connectivity index (χ0v) is 15.3. The first-order valence-electron chi connectivity index (χ1n) is 7.97. The van der Waals surface area contributed by atoms with Gasteiger partial charge < -0.3 is 14.4 Å². The van der Waals surface area contributed by atoms with Crippen molar-refractivity contribution in [3.63, 3.8) is 0 Å². The molecule has 0 spiro atoms.